The summed E-state index contributed by atoms with van der Waals surface area (Å²) in [5, 5.41) is 18.2. The van der Waals surface area contributed by atoms with Gasteiger partial charge in [0.25, 0.3) is 0 Å². The second kappa shape index (κ2) is 8.58. The second-order valence-electron chi connectivity index (χ2n) is 4.02. The number of carboxylic acid groups (broad SMARTS) is 2. The van der Waals surface area contributed by atoms with Gasteiger partial charge in [-0.15, -0.1) is 0 Å². The van der Waals surface area contributed by atoms with Crippen LogP contribution < -0.4 is 0 Å². The summed E-state index contributed by atoms with van der Waals surface area (Å²) in [5.74, 6) is -2.82. The molecule has 0 radical (unpaired) electrons. The molecule has 2 heterocycles. The van der Waals surface area contributed by atoms with Crippen molar-refractivity contribution in [3.63, 3.8) is 0 Å². The predicted molar refractivity (Wildman–Crippen MR) is 79.8 cm³/mol. The summed E-state index contributed by atoms with van der Waals surface area (Å²) in [7, 11) is 14.8. The number of hydrogen-bond donors (Lipinski definition) is 2. The first-order chi connectivity index (χ1) is 10.3. The van der Waals surface area contributed by atoms with Crippen molar-refractivity contribution in [2.75, 3.05) is 0 Å². The van der Waals surface area contributed by atoms with E-state index in [2.05, 4.69) is 9.98 Å². The van der Waals surface area contributed by atoms with E-state index in [-0.39, 0.29) is 6.42 Å². The van der Waals surface area contributed by atoms with Crippen molar-refractivity contribution >= 4 is 46.7 Å². The molecule has 0 aliphatic carbocycles. The molecule has 0 saturated heterocycles. The van der Waals surface area contributed by atoms with Gasteiger partial charge in [-0.25, -0.2) is 0 Å². The molecule has 1 aromatic heterocycles. The second-order valence-corrected chi connectivity index (χ2v) is 11.9. The molecule has 0 atom stereocenters. The van der Waals surface area contributed by atoms with E-state index in [9.17, 15) is 9.59 Å². The van der Waals surface area contributed by atoms with Crippen LogP contribution in [0.4, 0.5) is 0 Å². The Bertz CT molecular complexity index is 591. The number of aliphatic imine (C=N–C) groups is 1. The molecule has 0 unspecified atom stereocenters. The molecule has 1 aromatic rings. The van der Waals surface area contributed by atoms with E-state index in [1.807, 2.05) is 0 Å². The van der Waals surface area contributed by atoms with Gasteiger partial charge in [0.2, 0.25) is 0 Å². The van der Waals surface area contributed by atoms with Crippen LogP contribution in [-0.4, -0.2) is 32.8 Å². The summed E-state index contributed by atoms with van der Waals surface area (Å²) >= 11 is -1.75. The summed E-state index contributed by atoms with van der Waals surface area (Å²) in [6.07, 6.45) is 3.62. The normalized spacial score (nSPS) is 16.0. The quantitative estimate of drug-likeness (QED) is 0.541. The fourth-order valence-electron chi connectivity index (χ4n) is 1.70. The van der Waals surface area contributed by atoms with Crippen LogP contribution in [0.5, 0.6) is 0 Å². The molecule has 0 amide bonds. The molecule has 0 saturated carbocycles. The van der Waals surface area contributed by atoms with Crippen LogP contribution in [-0.2, 0) is 22.6 Å². The van der Waals surface area contributed by atoms with Gasteiger partial charge in [0, 0.05) is 18.8 Å². The van der Waals surface area contributed by atoms with E-state index < -0.39 is 30.3 Å². The third-order valence-corrected chi connectivity index (χ3v) is 2.76. The van der Waals surface area contributed by atoms with E-state index in [1.54, 1.807) is 24.4 Å². The molecule has 1 aliphatic rings. The zero-order chi connectivity index (χ0) is 16.8. The Hall–Kier alpha value is -1.01. The number of nitrogens with zero attached hydrogens (tertiary/aromatic N) is 2. The van der Waals surface area contributed by atoms with E-state index >= 15 is 0 Å². The van der Waals surface area contributed by atoms with Crippen LogP contribution in [0.2, 0.25) is 0 Å². The van der Waals surface area contributed by atoms with Crippen LogP contribution in [0.15, 0.2) is 41.7 Å². The maximum absolute atomic E-state index is 11.2. The molecule has 0 aromatic carbocycles. The minimum absolute atomic E-state index is 0.217. The third-order valence-electron chi connectivity index (χ3n) is 2.76. The van der Waals surface area contributed by atoms with E-state index in [0.29, 0.717) is 11.4 Å². The van der Waals surface area contributed by atoms with Gasteiger partial charge in [0.05, 0.1) is 11.4 Å². The number of carbonyl (C=O) groups is 2. The Balaban J connectivity index is 0.000000541. The molecule has 0 spiro atoms. The standard InChI is InChI=1S/C12H10N2O4.3ClH.Ru/c15-10(16)12(11(17)18)4-6-14-9(7-12)8-3-1-2-5-13-8;;;;/h1-6H,7H2,(H,15,16)(H,17,18);3*1H;/q;;;;+3/p-3. The molecule has 10 heteroatoms. The fraction of sp³-hybridized carbons (Fsp3) is 0.167. The first-order valence-electron chi connectivity index (χ1n) is 5.59. The number of rotatable bonds is 3. The zero-order valence-electron chi connectivity index (χ0n) is 10.8. The molecular formula is C12H10Cl3N2O4Ru. The minimum atomic E-state index is -1.96. The monoisotopic (exact) mass is 453 g/mol. The molecule has 121 valence electrons. The first-order valence-corrected chi connectivity index (χ1v) is 12.3. The SMILES string of the molecule is O=C(O)C1(C(=O)O)C=CN=C(c2ccccn2)C1.[Cl][Ru]([Cl])[Cl]. The summed E-state index contributed by atoms with van der Waals surface area (Å²) < 4.78 is 0. The molecule has 22 heavy (non-hydrogen) atoms. The number of aliphatic carboxylic acids is 2. The number of pyridine rings is 1. The van der Waals surface area contributed by atoms with Gasteiger partial charge in [-0.3, -0.25) is 19.6 Å². The first kappa shape index (κ1) is 19.0. The van der Waals surface area contributed by atoms with E-state index in [0.717, 1.165) is 6.08 Å². The van der Waals surface area contributed by atoms with Crippen molar-refractivity contribution in [3.8, 4) is 0 Å². The summed E-state index contributed by atoms with van der Waals surface area (Å²) in [6, 6.07) is 5.10. The summed E-state index contributed by atoms with van der Waals surface area (Å²) in [6.45, 7) is 0. The zero-order valence-corrected chi connectivity index (χ0v) is 14.8. The molecule has 2 N–H and O–H groups in total. The topological polar surface area (TPSA) is 99.8 Å². The predicted octanol–water partition coefficient (Wildman–Crippen LogP) is 3.01. The summed E-state index contributed by atoms with van der Waals surface area (Å²) in [4.78, 5) is 30.4. The van der Waals surface area contributed by atoms with Crippen molar-refractivity contribution in [3.05, 3.63) is 42.4 Å². The molecule has 2 rings (SSSR count). The van der Waals surface area contributed by atoms with Crippen molar-refractivity contribution in [1.82, 2.24) is 4.98 Å². The number of carboxylic acids is 2. The van der Waals surface area contributed by atoms with Gasteiger partial charge >= 0.3 is 54.0 Å². The fourth-order valence-corrected chi connectivity index (χ4v) is 1.70. The molecular weight excluding hydrogens is 444 g/mol. The van der Waals surface area contributed by atoms with Crippen LogP contribution in [0.3, 0.4) is 0 Å². The molecule has 1 aliphatic heterocycles. The van der Waals surface area contributed by atoms with Crippen LogP contribution in [0, 0.1) is 5.41 Å². The Labute approximate surface area is 143 Å². The van der Waals surface area contributed by atoms with E-state index in [4.69, 9.17) is 39.3 Å². The van der Waals surface area contributed by atoms with Crippen molar-refractivity contribution in [1.29, 1.82) is 0 Å². The van der Waals surface area contributed by atoms with Gasteiger partial charge in [-0.05, 0) is 18.2 Å². The molecule has 0 fully saturated rings. The van der Waals surface area contributed by atoms with Gasteiger partial charge in [0.15, 0.2) is 5.41 Å². The van der Waals surface area contributed by atoms with Crippen molar-refractivity contribution < 1.29 is 32.8 Å². The van der Waals surface area contributed by atoms with Gasteiger partial charge in [-0.1, -0.05) is 6.07 Å². The van der Waals surface area contributed by atoms with Crippen molar-refractivity contribution in [2.45, 2.75) is 6.42 Å². The third kappa shape index (κ3) is 5.02. The number of hydrogen-bond acceptors (Lipinski definition) is 4. The Morgan fingerprint density at radius 3 is 2.23 bits per heavy atom. The number of aromatic nitrogens is 1. The number of halogens is 3. The van der Waals surface area contributed by atoms with Gasteiger partial charge in [0.1, 0.15) is 0 Å². The van der Waals surface area contributed by atoms with Crippen LogP contribution in [0.25, 0.3) is 0 Å². The maximum atomic E-state index is 11.2. The summed E-state index contributed by atoms with van der Waals surface area (Å²) in [5.41, 5.74) is -1.13. The van der Waals surface area contributed by atoms with Crippen LogP contribution >= 0.6 is 29.1 Å². The Morgan fingerprint density at radius 2 is 1.77 bits per heavy atom. The van der Waals surface area contributed by atoms with Crippen molar-refractivity contribution in [2.24, 2.45) is 10.4 Å². The Morgan fingerprint density at radius 1 is 1.18 bits per heavy atom. The van der Waals surface area contributed by atoms with Gasteiger partial charge in [-0.2, -0.15) is 0 Å². The van der Waals surface area contributed by atoms with Gasteiger partial charge < -0.3 is 10.2 Å². The average molecular weight is 454 g/mol. The molecule has 6 nitrogen and oxygen atoms in total. The Kier molecular flexibility index (Phi) is 7.43. The average Bonchev–Trinajstić information content (AvgIpc) is 2.47. The molecule has 0 bridgehead atoms. The van der Waals surface area contributed by atoms with Crippen LogP contribution in [0.1, 0.15) is 12.1 Å². The van der Waals surface area contributed by atoms with E-state index in [1.165, 1.54) is 6.20 Å².